The van der Waals surface area contributed by atoms with Crippen LogP contribution in [0.25, 0.3) is 0 Å². The number of nitrogens with zero attached hydrogens (tertiary/aromatic N) is 1. The Morgan fingerprint density at radius 2 is 1.29 bits per heavy atom. The highest BCUT2D eigenvalue weighted by Crippen LogP contribution is 2.35. The maximum Gasteiger partial charge on any atom is 0.0125 e. The van der Waals surface area contributed by atoms with Crippen LogP contribution in [0.15, 0.2) is 0 Å². The fourth-order valence-corrected chi connectivity index (χ4v) is 3.01. The van der Waals surface area contributed by atoms with Gasteiger partial charge in [0.2, 0.25) is 0 Å². The second-order valence-electron chi connectivity index (χ2n) is 7.86. The lowest BCUT2D eigenvalue weighted by Crippen LogP contribution is -2.42. The van der Waals surface area contributed by atoms with E-state index in [1.165, 1.54) is 45.2 Å². The van der Waals surface area contributed by atoms with Gasteiger partial charge in [-0.2, -0.15) is 0 Å². The van der Waals surface area contributed by atoms with Crippen molar-refractivity contribution < 1.29 is 0 Å². The monoisotopic (exact) mass is 239 g/mol. The molecule has 0 bridgehead atoms. The molecule has 0 N–H and O–H groups in total. The first-order valence-electron chi connectivity index (χ1n) is 7.46. The zero-order chi connectivity index (χ0) is 13.1. The van der Waals surface area contributed by atoms with Crippen molar-refractivity contribution in [3.05, 3.63) is 0 Å². The van der Waals surface area contributed by atoms with E-state index in [2.05, 4.69) is 46.4 Å². The molecule has 0 radical (unpaired) electrons. The van der Waals surface area contributed by atoms with Crippen molar-refractivity contribution >= 4 is 0 Å². The van der Waals surface area contributed by atoms with E-state index >= 15 is 0 Å². The molecule has 1 aliphatic heterocycles. The summed E-state index contributed by atoms with van der Waals surface area (Å²) in [5, 5.41) is 0. The lowest BCUT2D eigenvalue weighted by Gasteiger charge is -2.35. The first kappa shape index (κ1) is 15.0. The van der Waals surface area contributed by atoms with E-state index in [1.807, 2.05) is 0 Å². The van der Waals surface area contributed by atoms with Crippen LogP contribution < -0.4 is 0 Å². The molecule has 0 aromatic rings. The molecule has 1 fully saturated rings. The number of rotatable bonds is 0. The van der Waals surface area contributed by atoms with Crippen LogP contribution in [-0.4, -0.2) is 23.5 Å². The van der Waals surface area contributed by atoms with E-state index in [1.54, 1.807) is 0 Å². The van der Waals surface area contributed by atoms with Gasteiger partial charge >= 0.3 is 0 Å². The maximum atomic E-state index is 2.68. The van der Waals surface area contributed by atoms with E-state index in [0.717, 1.165) is 5.92 Å². The molecule has 0 aromatic heterocycles. The molecule has 1 aliphatic rings. The molecule has 0 spiro atoms. The van der Waals surface area contributed by atoms with Crippen molar-refractivity contribution in [3.8, 4) is 0 Å². The first-order chi connectivity index (χ1) is 7.71. The van der Waals surface area contributed by atoms with Gasteiger partial charge < -0.3 is 0 Å². The van der Waals surface area contributed by atoms with E-state index in [-0.39, 0.29) is 0 Å². The molecule has 1 saturated heterocycles. The van der Waals surface area contributed by atoms with Crippen LogP contribution in [0.1, 0.15) is 73.6 Å². The van der Waals surface area contributed by atoms with Gasteiger partial charge in [-0.05, 0) is 70.9 Å². The topological polar surface area (TPSA) is 3.24 Å². The fourth-order valence-electron chi connectivity index (χ4n) is 3.01. The SMILES string of the molecule is CC(C)(C)C1CCCCN(C(C)(C)C)CCC1. The molecule has 0 aromatic carbocycles. The van der Waals surface area contributed by atoms with Crippen molar-refractivity contribution in [1.82, 2.24) is 4.90 Å². The Morgan fingerprint density at radius 1 is 0.765 bits per heavy atom. The smallest absolute Gasteiger partial charge is 0.0125 e. The summed E-state index contributed by atoms with van der Waals surface area (Å²) in [7, 11) is 0. The summed E-state index contributed by atoms with van der Waals surface area (Å²) in [6.45, 7) is 16.9. The highest BCUT2D eigenvalue weighted by atomic mass is 15.2. The van der Waals surface area contributed by atoms with Gasteiger partial charge in [0.1, 0.15) is 0 Å². The quantitative estimate of drug-likeness (QED) is 0.591. The second-order valence-corrected chi connectivity index (χ2v) is 7.86. The van der Waals surface area contributed by atoms with Crippen LogP contribution in [0.2, 0.25) is 0 Å². The van der Waals surface area contributed by atoms with Gasteiger partial charge in [0, 0.05) is 5.54 Å². The minimum absolute atomic E-state index is 0.349. The van der Waals surface area contributed by atoms with E-state index in [4.69, 9.17) is 0 Å². The fraction of sp³-hybridized carbons (Fsp3) is 1.00. The summed E-state index contributed by atoms with van der Waals surface area (Å²) in [5.41, 5.74) is 0.846. The number of hydrogen-bond acceptors (Lipinski definition) is 1. The average Bonchev–Trinajstić information content (AvgIpc) is 2.25. The third-order valence-electron chi connectivity index (χ3n) is 4.38. The van der Waals surface area contributed by atoms with Gasteiger partial charge in [0.15, 0.2) is 0 Å². The Kier molecular flexibility index (Phi) is 5.07. The largest absolute Gasteiger partial charge is 0.298 e. The summed E-state index contributed by atoms with van der Waals surface area (Å²) < 4.78 is 0. The summed E-state index contributed by atoms with van der Waals surface area (Å²) in [6.07, 6.45) is 7.01. The van der Waals surface area contributed by atoms with Gasteiger partial charge in [-0.1, -0.05) is 27.2 Å². The Labute approximate surface area is 109 Å². The van der Waals surface area contributed by atoms with Gasteiger partial charge in [-0.3, -0.25) is 4.90 Å². The average molecular weight is 239 g/mol. The Morgan fingerprint density at radius 3 is 1.82 bits per heavy atom. The van der Waals surface area contributed by atoms with Crippen molar-refractivity contribution in [2.75, 3.05) is 13.1 Å². The van der Waals surface area contributed by atoms with Gasteiger partial charge in [0.05, 0.1) is 0 Å². The summed E-state index contributed by atoms with van der Waals surface area (Å²) in [5.74, 6) is 0.919. The van der Waals surface area contributed by atoms with Gasteiger partial charge in [-0.15, -0.1) is 0 Å². The zero-order valence-electron chi connectivity index (χ0n) is 13.0. The predicted octanol–water partition coefficient (Wildman–Crippen LogP) is 4.71. The highest BCUT2D eigenvalue weighted by molar-refractivity contribution is 4.80. The second kappa shape index (κ2) is 5.73. The molecule has 1 heterocycles. The standard InChI is InChI=1S/C16H33N/c1-15(2,3)14-10-7-8-12-17(13-9-11-14)16(4,5)6/h14H,7-13H2,1-6H3. The molecule has 0 amide bonds. The third kappa shape index (κ3) is 4.99. The molecule has 1 heteroatoms. The summed E-state index contributed by atoms with van der Waals surface area (Å²) in [6, 6.07) is 0. The Bertz CT molecular complexity index is 195. The van der Waals surface area contributed by atoms with Gasteiger partial charge in [-0.25, -0.2) is 0 Å². The first-order valence-corrected chi connectivity index (χ1v) is 7.46. The zero-order valence-corrected chi connectivity index (χ0v) is 13.0. The molecule has 1 atom stereocenters. The van der Waals surface area contributed by atoms with Crippen molar-refractivity contribution in [2.24, 2.45) is 11.3 Å². The molecular formula is C16H33N. The molecule has 0 aliphatic carbocycles. The molecule has 102 valence electrons. The van der Waals surface area contributed by atoms with Crippen molar-refractivity contribution in [1.29, 1.82) is 0 Å². The minimum Gasteiger partial charge on any atom is -0.298 e. The molecule has 17 heavy (non-hydrogen) atoms. The molecular weight excluding hydrogens is 206 g/mol. The highest BCUT2D eigenvalue weighted by Gasteiger charge is 2.27. The van der Waals surface area contributed by atoms with E-state index in [9.17, 15) is 0 Å². The summed E-state index contributed by atoms with van der Waals surface area (Å²) >= 11 is 0. The van der Waals surface area contributed by atoms with Crippen LogP contribution in [0.4, 0.5) is 0 Å². The van der Waals surface area contributed by atoms with Crippen molar-refractivity contribution in [3.63, 3.8) is 0 Å². The third-order valence-corrected chi connectivity index (χ3v) is 4.38. The van der Waals surface area contributed by atoms with Gasteiger partial charge in [0.25, 0.3) is 0 Å². The molecule has 1 rings (SSSR count). The lowest BCUT2D eigenvalue weighted by atomic mass is 9.75. The van der Waals surface area contributed by atoms with Crippen LogP contribution in [0.3, 0.4) is 0 Å². The van der Waals surface area contributed by atoms with Crippen LogP contribution in [0.5, 0.6) is 0 Å². The molecule has 0 saturated carbocycles. The lowest BCUT2D eigenvalue weighted by molar-refractivity contribution is 0.131. The number of hydrogen-bond donors (Lipinski definition) is 0. The minimum atomic E-state index is 0.349. The summed E-state index contributed by atoms with van der Waals surface area (Å²) in [4.78, 5) is 2.68. The van der Waals surface area contributed by atoms with Crippen molar-refractivity contribution in [2.45, 2.75) is 79.2 Å². The van der Waals surface area contributed by atoms with Crippen LogP contribution in [-0.2, 0) is 0 Å². The predicted molar refractivity (Wildman–Crippen MR) is 77.4 cm³/mol. The molecule has 1 unspecified atom stereocenters. The van der Waals surface area contributed by atoms with E-state index < -0.39 is 0 Å². The Balaban J connectivity index is 2.56. The normalized spacial score (nSPS) is 26.1. The van der Waals surface area contributed by atoms with E-state index in [0.29, 0.717) is 11.0 Å². The van der Waals surface area contributed by atoms with Crippen LogP contribution >= 0.6 is 0 Å². The maximum absolute atomic E-state index is 2.68. The molecule has 1 nitrogen and oxygen atoms in total. The Hall–Kier alpha value is -0.0400. The van der Waals surface area contributed by atoms with Crippen LogP contribution in [0, 0.1) is 11.3 Å².